The summed E-state index contributed by atoms with van der Waals surface area (Å²) in [6.45, 7) is 8.64. The monoisotopic (exact) mass is 420 g/mol. The van der Waals surface area contributed by atoms with Crippen LogP contribution in [0.15, 0.2) is 24.3 Å². The number of fused-ring (bicyclic) bond motifs is 2. The average molecular weight is 421 g/mol. The molecule has 1 heterocycles. The first-order valence-electron chi connectivity index (χ1n) is 10.0. The van der Waals surface area contributed by atoms with Gasteiger partial charge in [0.1, 0.15) is 6.04 Å². The van der Waals surface area contributed by atoms with Crippen LogP contribution in [-0.2, 0) is 14.3 Å². The number of amides is 2. The van der Waals surface area contributed by atoms with Crippen molar-refractivity contribution in [1.82, 2.24) is 10.2 Å². The van der Waals surface area contributed by atoms with Crippen LogP contribution in [0.2, 0.25) is 5.02 Å². The summed E-state index contributed by atoms with van der Waals surface area (Å²) in [5.41, 5.74) is 0.619. The van der Waals surface area contributed by atoms with Gasteiger partial charge in [-0.3, -0.25) is 9.59 Å². The van der Waals surface area contributed by atoms with Gasteiger partial charge in [0.25, 0.3) is 11.8 Å². The second-order valence-corrected chi connectivity index (χ2v) is 9.93. The molecule has 2 amide bonds. The second kappa shape index (κ2) is 7.98. The maximum atomic E-state index is 12.7. The molecule has 1 N–H and O–H groups in total. The van der Waals surface area contributed by atoms with Gasteiger partial charge < -0.3 is 15.0 Å². The molecule has 158 valence electrons. The number of esters is 1. The van der Waals surface area contributed by atoms with Crippen molar-refractivity contribution in [2.24, 2.45) is 10.8 Å². The number of hydrogen-bond donors (Lipinski definition) is 1. The van der Waals surface area contributed by atoms with Gasteiger partial charge >= 0.3 is 5.97 Å². The first-order valence-corrected chi connectivity index (χ1v) is 10.4. The normalized spacial score (nSPS) is 26.0. The number of nitrogens with zero attached hydrogens (tertiary/aromatic N) is 1. The first kappa shape index (κ1) is 21.6. The van der Waals surface area contributed by atoms with Crippen LogP contribution in [0.5, 0.6) is 0 Å². The maximum Gasteiger partial charge on any atom is 0.328 e. The second-order valence-electron chi connectivity index (χ2n) is 9.52. The zero-order chi connectivity index (χ0) is 21.4. The van der Waals surface area contributed by atoms with Crippen LogP contribution in [0.4, 0.5) is 0 Å². The van der Waals surface area contributed by atoms with Crippen molar-refractivity contribution < 1.29 is 19.1 Å². The predicted molar refractivity (Wildman–Crippen MR) is 111 cm³/mol. The fourth-order valence-electron chi connectivity index (χ4n) is 5.07. The average Bonchev–Trinajstić information content (AvgIpc) is 2.88. The third-order valence-corrected chi connectivity index (χ3v) is 6.22. The quantitative estimate of drug-likeness (QED) is 0.740. The van der Waals surface area contributed by atoms with Crippen LogP contribution in [0.25, 0.3) is 0 Å². The molecular weight excluding hydrogens is 392 g/mol. The van der Waals surface area contributed by atoms with E-state index in [1.807, 2.05) is 4.90 Å². The van der Waals surface area contributed by atoms with Crippen molar-refractivity contribution >= 4 is 29.4 Å². The molecule has 6 nitrogen and oxygen atoms in total. The molecule has 1 saturated heterocycles. The smallest absolute Gasteiger partial charge is 0.328 e. The molecule has 1 aliphatic heterocycles. The molecule has 0 aromatic heterocycles. The van der Waals surface area contributed by atoms with Gasteiger partial charge in [-0.05, 0) is 49.1 Å². The highest BCUT2D eigenvalue weighted by atomic mass is 35.5. The molecule has 3 rings (SSSR count). The number of carbonyl (C=O) groups is 3. The third-order valence-electron chi connectivity index (χ3n) is 5.89. The Hall–Kier alpha value is -2.08. The number of nitrogens with one attached hydrogen (secondary N) is 1. The number of halogens is 1. The Morgan fingerprint density at radius 1 is 1.24 bits per heavy atom. The van der Waals surface area contributed by atoms with Crippen molar-refractivity contribution in [2.45, 2.75) is 59.0 Å². The van der Waals surface area contributed by atoms with Crippen molar-refractivity contribution in [3.8, 4) is 0 Å². The van der Waals surface area contributed by atoms with Crippen molar-refractivity contribution in [1.29, 1.82) is 0 Å². The lowest BCUT2D eigenvalue weighted by molar-refractivity contribution is -0.153. The summed E-state index contributed by atoms with van der Waals surface area (Å²) in [7, 11) is 0. The number of benzene rings is 1. The van der Waals surface area contributed by atoms with E-state index in [0.29, 0.717) is 11.6 Å². The molecular formula is C22H29ClN2O4. The van der Waals surface area contributed by atoms with Gasteiger partial charge in [-0.1, -0.05) is 44.5 Å². The Bertz CT molecular complexity index is 825. The zero-order valence-corrected chi connectivity index (χ0v) is 18.2. The van der Waals surface area contributed by atoms with E-state index in [1.54, 1.807) is 24.3 Å². The lowest BCUT2D eigenvalue weighted by atomic mass is 9.65. The van der Waals surface area contributed by atoms with Crippen LogP contribution >= 0.6 is 11.6 Å². The summed E-state index contributed by atoms with van der Waals surface area (Å²) in [6.07, 6.45) is 3.05. The molecule has 0 spiro atoms. The molecule has 3 atom stereocenters. The van der Waals surface area contributed by atoms with Gasteiger partial charge in [-0.15, -0.1) is 0 Å². The summed E-state index contributed by atoms with van der Waals surface area (Å²) in [5, 5.41) is 2.86. The van der Waals surface area contributed by atoms with E-state index in [9.17, 15) is 14.4 Å². The van der Waals surface area contributed by atoms with Crippen molar-refractivity contribution in [3.05, 3.63) is 34.9 Å². The molecule has 7 heteroatoms. The SMILES string of the molecule is C[C@H](NC(=O)c1ccccc1Cl)C(=O)OCC(=O)N1C[C@@]2(C)C[C@H]1CC(C)(C)C2. The van der Waals surface area contributed by atoms with E-state index in [-0.39, 0.29) is 34.9 Å². The van der Waals surface area contributed by atoms with Crippen molar-refractivity contribution in [2.75, 3.05) is 13.2 Å². The third kappa shape index (κ3) is 4.92. The number of likely N-dealkylation sites (tertiary alicyclic amines) is 1. The summed E-state index contributed by atoms with van der Waals surface area (Å²) in [4.78, 5) is 39.1. The Labute approximate surface area is 176 Å². The van der Waals surface area contributed by atoms with E-state index >= 15 is 0 Å². The lowest BCUT2D eigenvalue weighted by Gasteiger charge is -2.39. The molecule has 1 aliphatic carbocycles. The highest BCUT2D eigenvalue weighted by Gasteiger charge is 2.50. The molecule has 2 bridgehead atoms. The Kier molecular flexibility index (Phi) is 5.95. The van der Waals surface area contributed by atoms with Gasteiger partial charge in [0.15, 0.2) is 6.61 Å². The summed E-state index contributed by atoms with van der Waals surface area (Å²) < 4.78 is 5.20. The fourth-order valence-corrected chi connectivity index (χ4v) is 5.29. The van der Waals surface area contributed by atoms with Crippen LogP contribution in [0, 0.1) is 10.8 Å². The van der Waals surface area contributed by atoms with Crippen LogP contribution in [0.3, 0.4) is 0 Å². The van der Waals surface area contributed by atoms with Gasteiger partial charge in [0, 0.05) is 12.6 Å². The molecule has 2 aliphatic rings. The first-order chi connectivity index (χ1) is 13.5. The molecule has 29 heavy (non-hydrogen) atoms. The number of rotatable bonds is 5. The summed E-state index contributed by atoms with van der Waals surface area (Å²) in [5.74, 6) is -1.28. The molecule has 1 aromatic rings. The molecule has 1 saturated carbocycles. The molecule has 1 aromatic carbocycles. The predicted octanol–water partition coefficient (Wildman–Crippen LogP) is 3.43. The topological polar surface area (TPSA) is 75.7 Å². The lowest BCUT2D eigenvalue weighted by Crippen LogP contribution is -2.43. The largest absolute Gasteiger partial charge is 0.454 e. The zero-order valence-electron chi connectivity index (χ0n) is 17.5. The molecule has 0 radical (unpaired) electrons. The van der Waals surface area contributed by atoms with Gasteiger partial charge in [-0.2, -0.15) is 0 Å². The minimum atomic E-state index is -0.888. The number of hydrogen-bond acceptors (Lipinski definition) is 4. The van der Waals surface area contributed by atoms with E-state index in [2.05, 4.69) is 26.1 Å². The van der Waals surface area contributed by atoms with Gasteiger partial charge in [0.2, 0.25) is 0 Å². The molecule has 0 unspecified atom stereocenters. The molecule has 2 fully saturated rings. The fraction of sp³-hybridized carbons (Fsp3) is 0.591. The Morgan fingerprint density at radius 3 is 2.62 bits per heavy atom. The van der Waals surface area contributed by atoms with Crippen LogP contribution in [-0.4, -0.2) is 47.9 Å². The summed E-state index contributed by atoms with van der Waals surface area (Å²) in [6, 6.07) is 5.90. The standard InChI is InChI=1S/C22H29ClN2O4/c1-14(24-19(27)16-7-5-6-8-17(16)23)20(28)29-11-18(26)25-13-22(4)10-15(25)9-21(2,3)12-22/h5-8,14-15H,9-13H2,1-4H3,(H,24,27)/t14-,15+,22-/m0/s1. The minimum Gasteiger partial charge on any atom is -0.454 e. The summed E-state index contributed by atoms with van der Waals surface area (Å²) >= 11 is 6.01. The van der Waals surface area contributed by atoms with E-state index in [4.69, 9.17) is 16.3 Å². The van der Waals surface area contributed by atoms with Crippen LogP contribution < -0.4 is 5.32 Å². The van der Waals surface area contributed by atoms with E-state index < -0.39 is 17.9 Å². The Morgan fingerprint density at radius 2 is 1.93 bits per heavy atom. The van der Waals surface area contributed by atoms with Crippen LogP contribution in [0.1, 0.15) is 57.3 Å². The number of carbonyl (C=O) groups excluding carboxylic acids is 3. The Balaban J connectivity index is 1.52. The van der Waals surface area contributed by atoms with Gasteiger partial charge in [-0.25, -0.2) is 4.79 Å². The highest BCUT2D eigenvalue weighted by Crippen LogP contribution is 2.52. The minimum absolute atomic E-state index is 0.127. The van der Waals surface area contributed by atoms with E-state index in [0.717, 1.165) is 19.3 Å². The maximum absolute atomic E-state index is 12.7. The van der Waals surface area contributed by atoms with Crippen molar-refractivity contribution in [3.63, 3.8) is 0 Å². The highest BCUT2D eigenvalue weighted by molar-refractivity contribution is 6.33. The van der Waals surface area contributed by atoms with Gasteiger partial charge in [0.05, 0.1) is 10.6 Å². The van der Waals surface area contributed by atoms with E-state index in [1.165, 1.54) is 6.92 Å². The number of ether oxygens (including phenoxy) is 1.